The Morgan fingerprint density at radius 3 is 2.35 bits per heavy atom. The molecule has 0 unspecified atom stereocenters. The number of hydrogen-bond acceptors (Lipinski definition) is 5. The second kappa shape index (κ2) is 6.05. The molecular formula is C13H20BrN5O. The van der Waals surface area contributed by atoms with Gasteiger partial charge in [-0.2, -0.15) is 0 Å². The summed E-state index contributed by atoms with van der Waals surface area (Å²) in [5.74, 6) is 0.827. The number of rotatable bonds is 3. The molecule has 1 aromatic heterocycles. The van der Waals surface area contributed by atoms with Crippen molar-refractivity contribution in [1.29, 1.82) is 0 Å². The van der Waals surface area contributed by atoms with Crippen molar-refractivity contribution in [2.75, 3.05) is 31.1 Å². The summed E-state index contributed by atoms with van der Waals surface area (Å²) in [5.41, 5.74) is 5.44. The first kappa shape index (κ1) is 15.2. The Bertz CT molecular complexity index is 463. The van der Waals surface area contributed by atoms with Crippen LogP contribution in [0.4, 0.5) is 5.95 Å². The van der Waals surface area contributed by atoms with E-state index >= 15 is 0 Å². The van der Waals surface area contributed by atoms with Gasteiger partial charge in [0.15, 0.2) is 0 Å². The van der Waals surface area contributed by atoms with E-state index in [0.29, 0.717) is 25.5 Å². The number of carbonyl (C=O) groups excluding carboxylic acids is 1. The van der Waals surface area contributed by atoms with Gasteiger partial charge < -0.3 is 15.5 Å². The number of halogens is 1. The van der Waals surface area contributed by atoms with Gasteiger partial charge in [-0.3, -0.25) is 4.79 Å². The molecule has 2 heterocycles. The van der Waals surface area contributed by atoms with Gasteiger partial charge >= 0.3 is 0 Å². The minimum absolute atomic E-state index is 0.119. The highest BCUT2D eigenvalue weighted by Gasteiger charge is 2.25. The molecule has 1 fully saturated rings. The fourth-order valence-electron chi connectivity index (χ4n) is 2.13. The highest BCUT2D eigenvalue weighted by molar-refractivity contribution is 9.10. The molecule has 0 bridgehead atoms. The van der Waals surface area contributed by atoms with Crippen molar-refractivity contribution in [2.45, 2.75) is 25.8 Å². The summed E-state index contributed by atoms with van der Waals surface area (Å²) < 4.78 is 0.861. The lowest BCUT2D eigenvalue weighted by atomic mass is 10.0. The third-order valence-corrected chi connectivity index (χ3v) is 3.54. The van der Waals surface area contributed by atoms with Crippen molar-refractivity contribution >= 4 is 27.8 Å². The van der Waals surface area contributed by atoms with Gasteiger partial charge in [0.05, 0.1) is 4.47 Å². The number of nitrogens with zero attached hydrogens (tertiary/aromatic N) is 4. The van der Waals surface area contributed by atoms with Crippen LogP contribution in [-0.2, 0) is 4.79 Å². The summed E-state index contributed by atoms with van der Waals surface area (Å²) in [6.07, 6.45) is 3.84. The van der Waals surface area contributed by atoms with E-state index in [-0.39, 0.29) is 5.91 Å². The van der Waals surface area contributed by atoms with Crippen molar-refractivity contribution in [2.24, 2.45) is 5.73 Å². The van der Waals surface area contributed by atoms with Crippen molar-refractivity contribution in [1.82, 2.24) is 14.9 Å². The van der Waals surface area contributed by atoms with Crippen LogP contribution in [0, 0.1) is 0 Å². The van der Waals surface area contributed by atoms with Crippen LogP contribution in [0.3, 0.4) is 0 Å². The van der Waals surface area contributed by atoms with Gasteiger partial charge in [-0.1, -0.05) is 0 Å². The summed E-state index contributed by atoms with van der Waals surface area (Å²) in [6, 6.07) is 0. The molecule has 6 nitrogen and oxygen atoms in total. The Morgan fingerprint density at radius 1 is 1.30 bits per heavy atom. The van der Waals surface area contributed by atoms with E-state index in [4.69, 9.17) is 5.73 Å². The zero-order valence-corrected chi connectivity index (χ0v) is 13.4. The summed E-state index contributed by atoms with van der Waals surface area (Å²) in [6.45, 7) is 6.62. The number of carbonyl (C=O) groups is 1. The van der Waals surface area contributed by atoms with E-state index in [1.165, 1.54) is 0 Å². The molecule has 2 N–H and O–H groups in total. The van der Waals surface area contributed by atoms with Crippen LogP contribution < -0.4 is 10.6 Å². The maximum atomic E-state index is 12.1. The molecule has 0 atom stereocenters. The van der Waals surface area contributed by atoms with E-state index in [1.54, 1.807) is 12.4 Å². The van der Waals surface area contributed by atoms with E-state index in [9.17, 15) is 4.79 Å². The molecule has 7 heteroatoms. The van der Waals surface area contributed by atoms with Gasteiger partial charge in [-0.15, -0.1) is 0 Å². The number of amides is 1. The highest BCUT2D eigenvalue weighted by atomic mass is 79.9. The average Bonchev–Trinajstić information content (AvgIpc) is 2.38. The molecule has 0 aliphatic carbocycles. The van der Waals surface area contributed by atoms with Gasteiger partial charge in [0.25, 0.3) is 0 Å². The van der Waals surface area contributed by atoms with Gasteiger partial charge in [0, 0.05) is 50.5 Å². The SMILES string of the molecule is CC(C)(N)CC(=O)N1CCN(c2ncc(Br)cn2)CC1. The van der Waals surface area contributed by atoms with Gasteiger partial charge in [0.2, 0.25) is 11.9 Å². The number of anilines is 1. The van der Waals surface area contributed by atoms with Crippen LogP contribution in [-0.4, -0.2) is 52.5 Å². The summed E-state index contributed by atoms with van der Waals surface area (Å²) >= 11 is 3.32. The maximum absolute atomic E-state index is 12.1. The lowest BCUT2D eigenvalue weighted by Gasteiger charge is -2.35. The summed E-state index contributed by atoms with van der Waals surface area (Å²) in [4.78, 5) is 24.6. The lowest BCUT2D eigenvalue weighted by Crippen LogP contribution is -2.51. The van der Waals surface area contributed by atoms with Crippen molar-refractivity contribution in [3.05, 3.63) is 16.9 Å². The van der Waals surface area contributed by atoms with Crippen molar-refractivity contribution in [3.63, 3.8) is 0 Å². The number of hydrogen-bond donors (Lipinski definition) is 1. The molecule has 0 spiro atoms. The van der Waals surface area contributed by atoms with Gasteiger partial charge in [-0.25, -0.2) is 9.97 Å². The van der Waals surface area contributed by atoms with Crippen LogP contribution >= 0.6 is 15.9 Å². The van der Waals surface area contributed by atoms with Crippen LogP contribution in [0.15, 0.2) is 16.9 Å². The zero-order valence-electron chi connectivity index (χ0n) is 11.8. The molecule has 0 aromatic carbocycles. The predicted octanol–water partition coefficient (Wildman–Crippen LogP) is 1.02. The Morgan fingerprint density at radius 2 is 1.85 bits per heavy atom. The van der Waals surface area contributed by atoms with Crippen LogP contribution in [0.2, 0.25) is 0 Å². The molecular weight excluding hydrogens is 322 g/mol. The van der Waals surface area contributed by atoms with Crippen LogP contribution in [0.1, 0.15) is 20.3 Å². The summed E-state index contributed by atoms with van der Waals surface area (Å²) in [7, 11) is 0. The zero-order chi connectivity index (χ0) is 14.8. The monoisotopic (exact) mass is 341 g/mol. The van der Waals surface area contributed by atoms with Crippen molar-refractivity contribution < 1.29 is 4.79 Å². The first-order valence-corrected chi connectivity index (χ1v) is 7.43. The first-order chi connectivity index (χ1) is 9.35. The third-order valence-electron chi connectivity index (χ3n) is 3.13. The molecule has 2 rings (SSSR count). The normalized spacial score (nSPS) is 16.4. The maximum Gasteiger partial charge on any atom is 0.225 e. The fourth-order valence-corrected chi connectivity index (χ4v) is 2.33. The van der Waals surface area contributed by atoms with E-state index < -0.39 is 5.54 Å². The Labute approximate surface area is 127 Å². The van der Waals surface area contributed by atoms with E-state index in [2.05, 4.69) is 30.8 Å². The molecule has 110 valence electrons. The molecule has 1 aromatic rings. The number of aromatic nitrogens is 2. The minimum Gasteiger partial charge on any atom is -0.339 e. The standard InChI is InChI=1S/C13H20BrN5O/c1-13(2,15)7-11(20)18-3-5-19(6-4-18)12-16-8-10(14)9-17-12/h8-9H,3-7,15H2,1-2H3. The second-order valence-electron chi connectivity index (χ2n) is 5.73. The largest absolute Gasteiger partial charge is 0.339 e. The van der Waals surface area contributed by atoms with Gasteiger partial charge in [0.1, 0.15) is 0 Å². The van der Waals surface area contributed by atoms with Crippen LogP contribution in [0.25, 0.3) is 0 Å². The van der Waals surface area contributed by atoms with Crippen molar-refractivity contribution in [3.8, 4) is 0 Å². The van der Waals surface area contributed by atoms with Crippen LogP contribution in [0.5, 0.6) is 0 Å². The quantitative estimate of drug-likeness (QED) is 0.888. The van der Waals surface area contributed by atoms with Gasteiger partial charge in [-0.05, 0) is 29.8 Å². The molecule has 0 radical (unpaired) electrons. The fraction of sp³-hybridized carbons (Fsp3) is 0.615. The molecule has 0 saturated carbocycles. The topological polar surface area (TPSA) is 75.4 Å². The molecule has 20 heavy (non-hydrogen) atoms. The third kappa shape index (κ3) is 4.14. The molecule has 1 amide bonds. The molecule has 1 aliphatic rings. The first-order valence-electron chi connectivity index (χ1n) is 6.64. The summed E-state index contributed by atoms with van der Waals surface area (Å²) in [5, 5.41) is 0. The minimum atomic E-state index is -0.455. The second-order valence-corrected chi connectivity index (χ2v) is 6.65. The molecule has 1 aliphatic heterocycles. The Balaban J connectivity index is 1.89. The smallest absolute Gasteiger partial charge is 0.225 e. The van der Waals surface area contributed by atoms with E-state index in [1.807, 2.05) is 18.7 Å². The number of piperazine rings is 1. The Hall–Kier alpha value is -1.21. The van der Waals surface area contributed by atoms with E-state index in [0.717, 1.165) is 17.6 Å². The Kier molecular flexibility index (Phi) is 4.59. The molecule has 1 saturated heterocycles. The highest BCUT2D eigenvalue weighted by Crippen LogP contribution is 2.15. The average molecular weight is 342 g/mol. The number of nitrogens with two attached hydrogens (primary N) is 1. The predicted molar refractivity (Wildman–Crippen MR) is 81.4 cm³/mol. The lowest BCUT2D eigenvalue weighted by molar-refractivity contribution is -0.132.